The van der Waals surface area contributed by atoms with Gasteiger partial charge in [0, 0.05) is 38.1 Å². The topological polar surface area (TPSA) is 38.8 Å². The number of amides is 1. The van der Waals surface area contributed by atoms with Crippen molar-refractivity contribution < 1.29 is 18.7 Å². The molecule has 0 unspecified atom stereocenters. The molecule has 2 aromatic carbocycles. The summed E-state index contributed by atoms with van der Waals surface area (Å²) in [5.74, 6) is -0.742. The maximum Gasteiger partial charge on any atom is 0.253 e. The molecule has 2 heterocycles. The van der Waals surface area contributed by atoms with Crippen LogP contribution in [-0.2, 0) is 9.47 Å². The molecule has 2 fully saturated rings. The van der Waals surface area contributed by atoms with Crippen LogP contribution in [0.4, 0.5) is 4.39 Å². The Hall–Kier alpha value is -1.95. The summed E-state index contributed by atoms with van der Waals surface area (Å²) in [6.07, 6.45) is 3.28. The number of carbonyl (C=O) groups is 1. The van der Waals surface area contributed by atoms with Crippen LogP contribution in [-0.4, -0.2) is 42.2 Å². The van der Waals surface area contributed by atoms with E-state index in [4.69, 9.17) is 21.1 Å². The number of benzene rings is 2. The van der Waals surface area contributed by atoms with Gasteiger partial charge in [0.05, 0.1) is 22.8 Å². The largest absolute Gasteiger partial charge is 0.378 e. The van der Waals surface area contributed by atoms with Gasteiger partial charge in [-0.15, -0.1) is 0 Å². The van der Waals surface area contributed by atoms with Gasteiger partial charge in [0.1, 0.15) is 5.82 Å². The van der Waals surface area contributed by atoms with Gasteiger partial charge in [-0.1, -0.05) is 41.9 Å². The fourth-order valence-electron chi connectivity index (χ4n) is 4.62. The Balaban J connectivity index is 1.47. The number of nitrogens with zero attached hydrogens (tertiary/aromatic N) is 1. The van der Waals surface area contributed by atoms with Crippen LogP contribution in [0.15, 0.2) is 48.5 Å². The fraction of sp³-hybridized carbons (Fsp3) is 0.458. The van der Waals surface area contributed by atoms with Gasteiger partial charge in [-0.2, -0.15) is 0 Å². The van der Waals surface area contributed by atoms with Gasteiger partial charge in [0.25, 0.3) is 5.91 Å². The molecule has 0 aromatic heterocycles. The molecule has 4 rings (SSSR count). The SMILES string of the molecule is CCO[C@@H]1C[C@H](c2ccccc2)OC2(CCN(C(=O)c3ccc(Cl)c(F)c3)CC2)C1. The van der Waals surface area contributed by atoms with Gasteiger partial charge in [-0.05, 0) is 43.5 Å². The van der Waals surface area contributed by atoms with Crippen LogP contribution in [0.1, 0.15) is 54.6 Å². The van der Waals surface area contributed by atoms with Crippen LogP contribution in [0.3, 0.4) is 0 Å². The minimum absolute atomic E-state index is 0.0101. The molecular formula is C24H27ClFNO3. The number of ether oxygens (including phenoxy) is 2. The van der Waals surface area contributed by atoms with Crippen molar-refractivity contribution in [2.24, 2.45) is 0 Å². The van der Waals surface area contributed by atoms with Crippen molar-refractivity contribution in [1.29, 1.82) is 0 Å². The summed E-state index contributed by atoms with van der Waals surface area (Å²) in [5, 5.41) is 0.0219. The summed E-state index contributed by atoms with van der Waals surface area (Å²) in [6.45, 7) is 3.84. The Morgan fingerprint density at radius 3 is 2.63 bits per heavy atom. The summed E-state index contributed by atoms with van der Waals surface area (Å²) in [4.78, 5) is 14.6. The third kappa shape index (κ3) is 4.53. The quantitative estimate of drug-likeness (QED) is 0.649. The predicted octanol–water partition coefficient (Wildman–Crippen LogP) is 5.41. The van der Waals surface area contributed by atoms with Crippen molar-refractivity contribution in [2.75, 3.05) is 19.7 Å². The summed E-state index contributed by atoms with van der Waals surface area (Å²) >= 11 is 5.74. The molecule has 2 aromatic rings. The zero-order chi connectivity index (χ0) is 21.1. The molecule has 2 saturated heterocycles. The minimum Gasteiger partial charge on any atom is -0.378 e. The molecule has 0 bridgehead atoms. The van der Waals surface area contributed by atoms with Gasteiger partial charge < -0.3 is 14.4 Å². The van der Waals surface area contributed by atoms with E-state index in [2.05, 4.69) is 12.1 Å². The van der Waals surface area contributed by atoms with Crippen molar-refractivity contribution in [3.8, 4) is 0 Å². The smallest absolute Gasteiger partial charge is 0.253 e. The zero-order valence-corrected chi connectivity index (χ0v) is 17.9. The van der Waals surface area contributed by atoms with Crippen LogP contribution in [0, 0.1) is 5.82 Å². The molecule has 0 saturated carbocycles. The van der Waals surface area contributed by atoms with Crippen LogP contribution in [0.25, 0.3) is 0 Å². The molecule has 2 atom stereocenters. The van der Waals surface area contributed by atoms with Crippen molar-refractivity contribution in [2.45, 2.75) is 50.4 Å². The summed E-state index contributed by atoms with van der Waals surface area (Å²) in [5.41, 5.74) is 1.18. The zero-order valence-electron chi connectivity index (χ0n) is 17.2. The molecule has 0 radical (unpaired) electrons. The molecule has 6 heteroatoms. The molecule has 4 nitrogen and oxygen atoms in total. The number of hydrogen-bond acceptors (Lipinski definition) is 3. The van der Waals surface area contributed by atoms with Crippen molar-refractivity contribution >= 4 is 17.5 Å². The first-order chi connectivity index (χ1) is 14.5. The third-order valence-corrected chi connectivity index (χ3v) is 6.48. The van der Waals surface area contributed by atoms with E-state index in [-0.39, 0.29) is 28.7 Å². The van der Waals surface area contributed by atoms with Gasteiger partial charge >= 0.3 is 0 Å². The van der Waals surface area contributed by atoms with E-state index in [1.165, 1.54) is 12.1 Å². The molecule has 0 N–H and O–H groups in total. The van der Waals surface area contributed by atoms with E-state index < -0.39 is 5.82 Å². The molecule has 1 spiro atoms. The van der Waals surface area contributed by atoms with Crippen molar-refractivity contribution in [3.63, 3.8) is 0 Å². The van der Waals surface area contributed by atoms with Crippen LogP contribution in [0.2, 0.25) is 5.02 Å². The van der Waals surface area contributed by atoms with E-state index in [1.54, 1.807) is 11.0 Å². The van der Waals surface area contributed by atoms with Gasteiger partial charge in [-0.25, -0.2) is 4.39 Å². The lowest BCUT2D eigenvalue weighted by Crippen LogP contribution is -2.52. The summed E-state index contributed by atoms with van der Waals surface area (Å²) < 4.78 is 26.4. The minimum atomic E-state index is -0.572. The first kappa shape index (κ1) is 21.3. The first-order valence-electron chi connectivity index (χ1n) is 10.6. The van der Waals surface area contributed by atoms with Gasteiger partial charge in [0.15, 0.2) is 0 Å². The molecule has 160 valence electrons. The van der Waals surface area contributed by atoms with E-state index >= 15 is 0 Å². The fourth-order valence-corrected chi connectivity index (χ4v) is 4.74. The van der Waals surface area contributed by atoms with Crippen LogP contribution < -0.4 is 0 Å². The average Bonchev–Trinajstić information content (AvgIpc) is 2.76. The van der Waals surface area contributed by atoms with Crippen LogP contribution in [0.5, 0.6) is 0 Å². The number of hydrogen-bond donors (Lipinski definition) is 0. The van der Waals surface area contributed by atoms with Crippen molar-refractivity contribution in [3.05, 3.63) is 70.5 Å². The normalized spacial score (nSPS) is 23.5. The monoisotopic (exact) mass is 431 g/mol. The van der Waals surface area contributed by atoms with Crippen LogP contribution >= 0.6 is 11.6 Å². The highest BCUT2D eigenvalue weighted by Gasteiger charge is 2.45. The second-order valence-electron chi connectivity index (χ2n) is 8.14. The Morgan fingerprint density at radius 1 is 1.23 bits per heavy atom. The van der Waals surface area contributed by atoms with E-state index in [9.17, 15) is 9.18 Å². The summed E-state index contributed by atoms with van der Waals surface area (Å²) in [6, 6.07) is 14.5. The Labute approximate surface area is 181 Å². The van der Waals surface area contributed by atoms with E-state index in [0.29, 0.717) is 25.3 Å². The molecule has 2 aliphatic rings. The summed E-state index contributed by atoms with van der Waals surface area (Å²) in [7, 11) is 0. The number of piperidine rings is 1. The lowest BCUT2D eigenvalue weighted by atomic mass is 9.80. The second-order valence-corrected chi connectivity index (χ2v) is 8.55. The highest BCUT2D eigenvalue weighted by molar-refractivity contribution is 6.30. The second kappa shape index (κ2) is 9.04. The number of carbonyl (C=O) groups excluding carboxylic acids is 1. The third-order valence-electron chi connectivity index (χ3n) is 6.17. The lowest BCUT2D eigenvalue weighted by molar-refractivity contribution is -0.190. The van der Waals surface area contributed by atoms with E-state index in [1.807, 2.05) is 25.1 Å². The highest BCUT2D eigenvalue weighted by atomic mass is 35.5. The van der Waals surface area contributed by atoms with E-state index in [0.717, 1.165) is 31.2 Å². The average molecular weight is 432 g/mol. The highest BCUT2D eigenvalue weighted by Crippen LogP contribution is 2.44. The molecule has 0 aliphatic carbocycles. The maximum absolute atomic E-state index is 13.8. The standard InChI is InChI=1S/C24H27ClFNO3/c1-2-29-19-15-22(17-6-4-3-5-7-17)30-24(16-19)10-12-27(13-11-24)23(28)18-8-9-20(25)21(26)14-18/h3-9,14,19,22H,2,10-13,15-16H2,1H3/t19-,22-/m1/s1. The molecule has 2 aliphatic heterocycles. The molecule has 30 heavy (non-hydrogen) atoms. The molecular weight excluding hydrogens is 405 g/mol. The number of likely N-dealkylation sites (tertiary alicyclic amines) is 1. The van der Waals surface area contributed by atoms with Crippen molar-refractivity contribution in [1.82, 2.24) is 4.90 Å². The van der Waals surface area contributed by atoms with Gasteiger partial charge in [-0.3, -0.25) is 4.79 Å². The number of rotatable bonds is 4. The van der Waals surface area contributed by atoms with Gasteiger partial charge in [0.2, 0.25) is 0 Å². The first-order valence-corrected chi connectivity index (χ1v) is 11.0. The Bertz CT molecular complexity index is 883. The molecule has 1 amide bonds. The predicted molar refractivity (Wildman–Crippen MR) is 114 cm³/mol. The Morgan fingerprint density at radius 2 is 1.97 bits per heavy atom. The lowest BCUT2D eigenvalue weighted by Gasteiger charge is -2.48. The Kier molecular flexibility index (Phi) is 6.42. The number of halogens is 2. The maximum atomic E-state index is 13.8.